The van der Waals surface area contributed by atoms with Gasteiger partial charge in [-0.25, -0.2) is 5.84 Å². The van der Waals surface area contributed by atoms with E-state index >= 15 is 0 Å². The second kappa shape index (κ2) is 7.73. The van der Waals surface area contributed by atoms with Crippen molar-refractivity contribution in [2.24, 2.45) is 5.84 Å². The van der Waals surface area contributed by atoms with E-state index in [0.29, 0.717) is 23.7 Å². The fourth-order valence-corrected chi connectivity index (χ4v) is 2.07. The molecule has 0 aliphatic rings. The predicted molar refractivity (Wildman–Crippen MR) is 70.9 cm³/mol. The molecular formula is C12H16N2O3S. The number of nitrogens with one attached hydrogen (secondary N) is 1. The Labute approximate surface area is 110 Å². The molecule has 1 rings (SSSR count). The largest absolute Gasteiger partial charge is 0.465 e. The third-order valence-corrected chi connectivity index (χ3v) is 3.12. The lowest BCUT2D eigenvalue weighted by atomic mass is 10.1. The number of carbonyl (C=O) groups is 2. The van der Waals surface area contributed by atoms with Gasteiger partial charge in [0.25, 0.3) is 5.91 Å². The van der Waals surface area contributed by atoms with Crippen molar-refractivity contribution in [1.82, 2.24) is 5.43 Å². The molecule has 5 nitrogen and oxygen atoms in total. The van der Waals surface area contributed by atoms with Crippen LogP contribution in [0, 0.1) is 0 Å². The lowest BCUT2D eigenvalue weighted by molar-refractivity contribution is -0.139. The Kier molecular flexibility index (Phi) is 6.24. The first-order valence-electron chi connectivity index (χ1n) is 5.50. The zero-order valence-corrected chi connectivity index (χ0v) is 11.0. The van der Waals surface area contributed by atoms with E-state index in [1.165, 1.54) is 11.8 Å². The van der Waals surface area contributed by atoms with Crippen LogP contribution in [0.2, 0.25) is 0 Å². The maximum absolute atomic E-state index is 11.2. The molecule has 0 saturated heterocycles. The summed E-state index contributed by atoms with van der Waals surface area (Å²) in [6, 6.07) is 7.07. The number of esters is 1. The third-order valence-electron chi connectivity index (χ3n) is 2.14. The number of hydrazine groups is 1. The van der Waals surface area contributed by atoms with Gasteiger partial charge in [0.1, 0.15) is 0 Å². The number of rotatable bonds is 6. The standard InChI is InChI=1S/C12H16N2O3S/c1-2-17-11(15)8-18-7-9-3-5-10(6-4-9)12(16)14-13/h3-6H,2,7-8,13H2,1H3,(H,14,16). The van der Waals surface area contributed by atoms with Gasteiger partial charge >= 0.3 is 5.97 Å². The molecule has 98 valence electrons. The number of hydrogen-bond acceptors (Lipinski definition) is 5. The molecule has 0 aliphatic heterocycles. The Morgan fingerprint density at radius 2 is 2.00 bits per heavy atom. The van der Waals surface area contributed by atoms with Gasteiger partial charge in [-0.15, -0.1) is 11.8 Å². The number of benzene rings is 1. The number of nitrogens with two attached hydrogens (primary N) is 1. The Bertz CT molecular complexity index is 406. The van der Waals surface area contributed by atoms with Crippen molar-refractivity contribution in [2.75, 3.05) is 12.4 Å². The molecule has 0 radical (unpaired) electrons. The Balaban J connectivity index is 2.40. The fourth-order valence-electron chi connectivity index (χ4n) is 1.29. The highest BCUT2D eigenvalue weighted by Crippen LogP contribution is 2.13. The molecule has 6 heteroatoms. The zero-order valence-electron chi connectivity index (χ0n) is 10.1. The maximum atomic E-state index is 11.2. The average molecular weight is 268 g/mol. The predicted octanol–water partition coefficient (Wildman–Crippen LogP) is 1.09. The van der Waals surface area contributed by atoms with E-state index in [2.05, 4.69) is 5.43 Å². The molecule has 1 aromatic rings. The van der Waals surface area contributed by atoms with Crippen molar-refractivity contribution in [3.63, 3.8) is 0 Å². The number of nitrogen functional groups attached to an aromatic ring is 1. The minimum Gasteiger partial charge on any atom is -0.465 e. The van der Waals surface area contributed by atoms with Crippen LogP contribution in [0.5, 0.6) is 0 Å². The van der Waals surface area contributed by atoms with Gasteiger partial charge in [-0.3, -0.25) is 15.0 Å². The number of thioether (sulfide) groups is 1. The smallest absolute Gasteiger partial charge is 0.315 e. The first-order chi connectivity index (χ1) is 8.67. The summed E-state index contributed by atoms with van der Waals surface area (Å²) in [7, 11) is 0. The van der Waals surface area contributed by atoms with E-state index < -0.39 is 0 Å². The summed E-state index contributed by atoms with van der Waals surface area (Å²) in [5, 5.41) is 0. The molecule has 3 N–H and O–H groups in total. The highest BCUT2D eigenvalue weighted by Gasteiger charge is 2.04. The summed E-state index contributed by atoms with van der Waals surface area (Å²) in [4.78, 5) is 22.3. The minimum atomic E-state index is -0.319. The van der Waals surface area contributed by atoms with Crippen LogP contribution in [0.4, 0.5) is 0 Å². The van der Waals surface area contributed by atoms with Crippen LogP contribution < -0.4 is 11.3 Å². The minimum absolute atomic E-state index is 0.207. The van der Waals surface area contributed by atoms with Gasteiger partial charge in [0, 0.05) is 11.3 Å². The van der Waals surface area contributed by atoms with Gasteiger partial charge in [0.15, 0.2) is 0 Å². The van der Waals surface area contributed by atoms with E-state index in [9.17, 15) is 9.59 Å². The van der Waals surface area contributed by atoms with E-state index in [-0.39, 0.29) is 11.9 Å². The highest BCUT2D eigenvalue weighted by molar-refractivity contribution is 7.99. The number of amides is 1. The quantitative estimate of drug-likeness (QED) is 0.349. The van der Waals surface area contributed by atoms with Crippen molar-refractivity contribution in [3.8, 4) is 0 Å². The van der Waals surface area contributed by atoms with Crippen molar-refractivity contribution in [2.45, 2.75) is 12.7 Å². The normalized spacial score (nSPS) is 9.89. The topological polar surface area (TPSA) is 81.4 Å². The molecule has 0 aliphatic carbocycles. The van der Waals surface area contributed by atoms with Gasteiger partial charge < -0.3 is 4.74 Å². The Hall–Kier alpha value is -1.53. The lowest BCUT2D eigenvalue weighted by Gasteiger charge is -2.04. The monoisotopic (exact) mass is 268 g/mol. The highest BCUT2D eigenvalue weighted by atomic mass is 32.2. The summed E-state index contributed by atoms with van der Waals surface area (Å²) in [5.41, 5.74) is 3.62. The lowest BCUT2D eigenvalue weighted by Crippen LogP contribution is -2.29. The van der Waals surface area contributed by atoms with Gasteiger partial charge in [-0.05, 0) is 24.6 Å². The molecule has 0 unspecified atom stereocenters. The van der Waals surface area contributed by atoms with Crippen LogP contribution in [0.1, 0.15) is 22.8 Å². The van der Waals surface area contributed by atoms with Crippen LogP contribution in [0.25, 0.3) is 0 Å². The second-order valence-corrected chi connectivity index (χ2v) is 4.45. The van der Waals surface area contributed by atoms with E-state index in [1.54, 1.807) is 19.1 Å². The molecule has 1 amide bonds. The van der Waals surface area contributed by atoms with Gasteiger partial charge in [0.05, 0.1) is 12.4 Å². The summed E-state index contributed by atoms with van der Waals surface area (Å²) >= 11 is 1.47. The average Bonchev–Trinajstić information content (AvgIpc) is 2.39. The number of hydrogen-bond donors (Lipinski definition) is 2. The molecule has 0 bridgehead atoms. The van der Waals surface area contributed by atoms with Crippen molar-refractivity contribution in [1.29, 1.82) is 0 Å². The fraction of sp³-hybridized carbons (Fsp3) is 0.333. The van der Waals surface area contributed by atoms with Gasteiger partial charge in [-0.1, -0.05) is 12.1 Å². The van der Waals surface area contributed by atoms with E-state index in [1.807, 2.05) is 12.1 Å². The SMILES string of the molecule is CCOC(=O)CSCc1ccc(C(=O)NN)cc1. The summed E-state index contributed by atoms with van der Waals surface area (Å²) < 4.78 is 4.82. The second-order valence-electron chi connectivity index (χ2n) is 3.47. The molecule has 18 heavy (non-hydrogen) atoms. The Morgan fingerprint density at radius 1 is 1.33 bits per heavy atom. The number of carbonyl (C=O) groups excluding carboxylic acids is 2. The number of ether oxygens (including phenoxy) is 1. The van der Waals surface area contributed by atoms with Crippen LogP contribution >= 0.6 is 11.8 Å². The zero-order chi connectivity index (χ0) is 13.4. The molecular weight excluding hydrogens is 252 g/mol. The Morgan fingerprint density at radius 3 is 2.56 bits per heavy atom. The van der Waals surface area contributed by atoms with Crippen molar-refractivity contribution < 1.29 is 14.3 Å². The molecule has 0 fully saturated rings. The third kappa shape index (κ3) is 4.77. The molecule has 0 spiro atoms. The van der Waals surface area contributed by atoms with Crippen molar-refractivity contribution in [3.05, 3.63) is 35.4 Å². The summed E-state index contributed by atoms with van der Waals surface area (Å²) in [6.07, 6.45) is 0. The van der Waals surface area contributed by atoms with Crippen LogP contribution in [0.15, 0.2) is 24.3 Å². The maximum Gasteiger partial charge on any atom is 0.315 e. The molecule has 0 aromatic heterocycles. The van der Waals surface area contributed by atoms with Crippen LogP contribution in [-0.4, -0.2) is 24.2 Å². The molecule has 0 saturated carbocycles. The van der Waals surface area contributed by atoms with E-state index in [4.69, 9.17) is 10.6 Å². The van der Waals surface area contributed by atoms with Gasteiger partial charge in [0.2, 0.25) is 0 Å². The summed E-state index contributed by atoms with van der Waals surface area (Å²) in [5.74, 6) is 5.53. The van der Waals surface area contributed by atoms with Crippen LogP contribution in [-0.2, 0) is 15.3 Å². The van der Waals surface area contributed by atoms with Gasteiger partial charge in [-0.2, -0.15) is 0 Å². The van der Waals surface area contributed by atoms with Crippen LogP contribution in [0.3, 0.4) is 0 Å². The first-order valence-corrected chi connectivity index (χ1v) is 6.66. The molecule has 0 atom stereocenters. The van der Waals surface area contributed by atoms with E-state index in [0.717, 1.165) is 5.56 Å². The van der Waals surface area contributed by atoms with Crippen molar-refractivity contribution >= 4 is 23.6 Å². The first kappa shape index (κ1) is 14.5. The molecule has 1 aromatic carbocycles. The summed E-state index contributed by atoms with van der Waals surface area (Å²) in [6.45, 7) is 2.19. The molecule has 0 heterocycles.